The Morgan fingerprint density at radius 3 is 2.27 bits per heavy atom. The van der Waals surface area contributed by atoms with Gasteiger partial charge in [0.25, 0.3) is 0 Å². The first-order chi connectivity index (χ1) is 10.6. The van der Waals surface area contributed by atoms with Crippen LogP contribution in [0.4, 0.5) is 5.69 Å². The summed E-state index contributed by atoms with van der Waals surface area (Å²) < 4.78 is 5.18. The highest BCUT2D eigenvalue weighted by atomic mass is 127. The van der Waals surface area contributed by atoms with Crippen LogP contribution in [-0.4, -0.2) is 20.7 Å². The molecule has 0 heterocycles. The Hall–Kier alpha value is -0.290. The molecule has 1 aromatic rings. The molecular weight excluding hydrogens is 385 g/mol. The number of aryl methyl sites for hydroxylation is 1. The minimum Gasteiger partial charge on any atom is -0.378 e. The largest absolute Gasteiger partial charge is 0.378 e. The Morgan fingerprint density at radius 1 is 1.09 bits per heavy atom. The molecule has 1 fully saturated rings. The lowest BCUT2D eigenvalue weighted by atomic mass is 9.77. The number of rotatable bonds is 5. The van der Waals surface area contributed by atoms with Crippen molar-refractivity contribution in [3.8, 4) is 0 Å². The second-order valence-electron chi connectivity index (χ2n) is 6.32. The van der Waals surface area contributed by atoms with Gasteiger partial charge in [0.1, 0.15) is 23.0 Å². The van der Waals surface area contributed by atoms with Crippen molar-refractivity contribution >= 4 is 28.7 Å². The molecule has 1 saturated carbocycles. The summed E-state index contributed by atoms with van der Waals surface area (Å²) in [4.78, 5) is 2.21. The Kier molecular flexibility index (Phi) is 9.41. The molecule has 0 saturated heterocycles. The fraction of sp³-hybridized carbons (Fsp3) is 0.684. The highest BCUT2D eigenvalue weighted by Gasteiger charge is 2.22. The molecule has 0 amide bonds. The predicted octanol–water partition coefficient (Wildman–Crippen LogP) is 6.12. The van der Waals surface area contributed by atoms with Crippen LogP contribution in [0.1, 0.15) is 63.0 Å². The third-order valence-electron chi connectivity index (χ3n) is 4.52. The van der Waals surface area contributed by atoms with Crippen LogP contribution in [0.25, 0.3) is 0 Å². The molecule has 2 rings (SSSR count). The predicted molar refractivity (Wildman–Crippen MR) is 106 cm³/mol. The van der Waals surface area contributed by atoms with Gasteiger partial charge in [-0.25, -0.2) is 0 Å². The summed E-state index contributed by atoms with van der Waals surface area (Å²) in [7, 11) is 4.25. The van der Waals surface area contributed by atoms with Gasteiger partial charge in [0.15, 0.2) is 0 Å². The van der Waals surface area contributed by atoms with Crippen LogP contribution in [0.5, 0.6) is 0 Å². The first-order valence-corrected chi connectivity index (χ1v) is 9.50. The highest BCUT2D eigenvalue weighted by Crippen LogP contribution is 2.38. The topological polar surface area (TPSA) is 12.5 Å². The summed E-state index contributed by atoms with van der Waals surface area (Å²) in [6.07, 6.45) is 6.61. The van der Waals surface area contributed by atoms with E-state index >= 15 is 0 Å². The number of benzene rings is 1. The Bertz CT molecular complexity index is 425. The fourth-order valence-electron chi connectivity index (χ4n) is 3.28. The zero-order valence-electron chi connectivity index (χ0n) is 14.9. The summed E-state index contributed by atoms with van der Waals surface area (Å²) in [6, 6.07) is 7.03. The van der Waals surface area contributed by atoms with Crippen molar-refractivity contribution in [3.63, 3.8) is 0 Å². The monoisotopic (exact) mass is 417 g/mol. The van der Waals surface area contributed by atoms with Crippen molar-refractivity contribution < 1.29 is 3.07 Å². The highest BCUT2D eigenvalue weighted by molar-refractivity contribution is 14.1. The van der Waals surface area contributed by atoms with E-state index in [1.54, 1.807) is 0 Å². The molecule has 2 nitrogen and oxygen atoms in total. The maximum atomic E-state index is 5.18. The molecular formula is C19H32INO. The Morgan fingerprint density at radius 2 is 1.73 bits per heavy atom. The molecule has 126 valence electrons. The molecule has 0 radical (unpaired) electrons. The van der Waals surface area contributed by atoms with E-state index in [0.717, 1.165) is 18.4 Å². The van der Waals surface area contributed by atoms with Gasteiger partial charge in [-0.05, 0) is 74.1 Å². The van der Waals surface area contributed by atoms with Crippen LogP contribution in [0.2, 0.25) is 0 Å². The van der Waals surface area contributed by atoms with Gasteiger partial charge in [-0.15, -0.1) is 0 Å². The minimum atomic E-state index is 0.755. The van der Waals surface area contributed by atoms with Gasteiger partial charge in [-0.2, -0.15) is 0 Å². The molecule has 0 spiro atoms. The zero-order valence-corrected chi connectivity index (χ0v) is 17.0. The number of anilines is 1. The van der Waals surface area contributed by atoms with E-state index in [2.05, 4.69) is 44.1 Å². The van der Waals surface area contributed by atoms with Crippen molar-refractivity contribution in [3.05, 3.63) is 29.3 Å². The van der Waals surface area contributed by atoms with Crippen LogP contribution in [0.3, 0.4) is 0 Å². The van der Waals surface area contributed by atoms with Gasteiger partial charge < -0.3 is 7.97 Å². The van der Waals surface area contributed by atoms with Crippen molar-refractivity contribution in [1.82, 2.24) is 0 Å². The normalized spacial score (nSPS) is 21.0. The first kappa shape index (κ1) is 19.8. The van der Waals surface area contributed by atoms with Gasteiger partial charge in [-0.1, -0.05) is 19.9 Å². The molecule has 1 aliphatic rings. The summed E-state index contributed by atoms with van der Waals surface area (Å²) in [5.74, 6) is 1.63. The van der Waals surface area contributed by atoms with E-state index in [1.807, 2.05) is 36.9 Å². The zero-order chi connectivity index (χ0) is 16.5. The van der Waals surface area contributed by atoms with Crippen molar-refractivity contribution in [2.45, 2.75) is 58.8 Å². The maximum Gasteiger partial charge on any atom is 0.109 e. The van der Waals surface area contributed by atoms with Crippen LogP contribution >= 0.6 is 23.0 Å². The van der Waals surface area contributed by atoms with Crippen LogP contribution in [0.15, 0.2) is 18.2 Å². The number of hydrogen-bond acceptors (Lipinski definition) is 2. The Labute approximate surface area is 151 Å². The third-order valence-corrected chi connectivity index (χ3v) is 4.96. The van der Waals surface area contributed by atoms with Gasteiger partial charge in [0.2, 0.25) is 0 Å². The second-order valence-corrected chi connectivity index (χ2v) is 6.94. The average Bonchev–Trinajstić information content (AvgIpc) is 2.54. The first-order valence-electron chi connectivity index (χ1n) is 8.62. The Balaban J connectivity index is 0.00000116. The maximum absolute atomic E-state index is 5.18. The molecule has 0 N–H and O–H groups in total. The lowest BCUT2D eigenvalue weighted by Gasteiger charge is -2.29. The van der Waals surface area contributed by atoms with Crippen LogP contribution in [0, 0.1) is 12.8 Å². The van der Waals surface area contributed by atoms with Gasteiger partial charge in [0.05, 0.1) is 6.61 Å². The van der Waals surface area contributed by atoms with Crippen LogP contribution < -0.4 is 4.90 Å². The SMILES string of the molecule is CC.Cc1cc(C2CCC(CCOI)CC2)cc(N(C)C)c1. The number of nitrogens with zero attached hydrogens (tertiary/aromatic N) is 1. The quantitative estimate of drug-likeness (QED) is 0.536. The fourth-order valence-corrected chi connectivity index (χ4v) is 3.54. The van der Waals surface area contributed by atoms with E-state index in [9.17, 15) is 0 Å². The van der Waals surface area contributed by atoms with Crippen molar-refractivity contribution in [2.24, 2.45) is 5.92 Å². The van der Waals surface area contributed by atoms with Crippen LogP contribution in [-0.2, 0) is 3.07 Å². The van der Waals surface area contributed by atoms with E-state index in [4.69, 9.17) is 3.07 Å². The third kappa shape index (κ3) is 6.07. The molecule has 1 aromatic carbocycles. The van der Waals surface area contributed by atoms with Crippen molar-refractivity contribution in [2.75, 3.05) is 25.6 Å². The minimum absolute atomic E-state index is 0.755. The molecule has 22 heavy (non-hydrogen) atoms. The summed E-state index contributed by atoms with van der Waals surface area (Å²) >= 11 is 2.01. The molecule has 0 atom stereocenters. The molecule has 0 aliphatic heterocycles. The lowest BCUT2D eigenvalue weighted by Crippen LogP contribution is -2.15. The van der Waals surface area contributed by atoms with E-state index in [-0.39, 0.29) is 0 Å². The molecule has 0 aromatic heterocycles. The smallest absolute Gasteiger partial charge is 0.109 e. The van der Waals surface area contributed by atoms with Gasteiger partial charge in [0, 0.05) is 19.8 Å². The molecule has 3 heteroatoms. The summed E-state index contributed by atoms with van der Waals surface area (Å²) in [5.41, 5.74) is 4.25. The summed E-state index contributed by atoms with van der Waals surface area (Å²) in [5, 5.41) is 0. The molecule has 1 aliphatic carbocycles. The van der Waals surface area contributed by atoms with E-state index < -0.39 is 0 Å². The number of hydrogen-bond donors (Lipinski definition) is 0. The second kappa shape index (κ2) is 10.5. The molecule has 0 unspecified atom stereocenters. The van der Waals surface area contributed by atoms with E-state index in [1.165, 1.54) is 48.9 Å². The standard InChI is InChI=1S/C17H26INO.C2H6/c1-13-10-16(12-17(11-13)19(2)3)15-6-4-14(5-7-15)8-9-20-18;1-2/h10-12,14-15H,4-9H2,1-3H3;1-2H3. The van der Waals surface area contributed by atoms with Gasteiger partial charge in [-0.3, -0.25) is 0 Å². The number of halogens is 1. The van der Waals surface area contributed by atoms with E-state index in [0.29, 0.717) is 0 Å². The van der Waals surface area contributed by atoms with Crippen molar-refractivity contribution in [1.29, 1.82) is 0 Å². The van der Waals surface area contributed by atoms with Gasteiger partial charge >= 0.3 is 0 Å². The summed E-state index contributed by atoms with van der Waals surface area (Å²) in [6.45, 7) is 7.12. The lowest BCUT2D eigenvalue weighted by molar-refractivity contribution is 0.271. The average molecular weight is 417 g/mol. The molecule has 0 bridgehead atoms.